The second kappa shape index (κ2) is 9.01. The molecule has 3 heterocycles. The number of alkyl halides is 3. The van der Waals surface area contributed by atoms with Crippen molar-refractivity contribution in [2.75, 3.05) is 56.2 Å². The zero-order chi connectivity index (χ0) is 21.8. The lowest BCUT2D eigenvalue weighted by Gasteiger charge is -2.23. The molecular formula is C21H23F3N4O3. The average Bonchev–Trinajstić information content (AvgIpc) is 2.98. The number of benzene rings is 1. The van der Waals surface area contributed by atoms with Gasteiger partial charge in [0, 0.05) is 44.1 Å². The van der Waals surface area contributed by atoms with E-state index in [-0.39, 0.29) is 12.5 Å². The summed E-state index contributed by atoms with van der Waals surface area (Å²) in [5.41, 5.74) is -0.122. The van der Waals surface area contributed by atoms with Gasteiger partial charge in [0.1, 0.15) is 19.0 Å². The second-order valence-electron chi connectivity index (χ2n) is 7.43. The van der Waals surface area contributed by atoms with E-state index in [0.29, 0.717) is 62.4 Å². The maximum absolute atomic E-state index is 12.7. The minimum absolute atomic E-state index is 0.141. The second-order valence-corrected chi connectivity index (χ2v) is 7.43. The summed E-state index contributed by atoms with van der Waals surface area (Å²) in [7, 11) is 0. The normalized spacial score (nSPS) is 17.2. The van der Waals surface area contributed by atoms with Crippen LogP contribution in [0.5, 0.6) is 11.5 Å². The number of fused-ring (bicyclic) bond motifs is 1. The van der Waals surface area contributed by atoms with Crippen LogP contribution < -0.4 is 19.7 Å². The Balaban J connectivity index is 1.30. The molecule has 1 aromatic carbocycles. The SMILES string of the molecule is O=C(CN1CCCN(c2ccc(C(F)(F)F)cn2)CC1)Nc1ccc2c(c1)OCCO2. The van der Waals surface area contributed by atoms with Gasteiger partial charge in [0.15, 0.2) is 11.5 Å². The predicted molar refractivity (Wildman–Crippen MR) is 109 cm³/mol. The van der Waals surface area contributed by atoms with Gasteiger partial charge < -0.3 is 19.7 Å². The van der Waals surface area contributed by atoms with Crippen LogP contribution in [-0.4, -0.2) is 61.7 Å². The number of anilines is 2. The molecule has 166 valence electrons. The first-order valence-corrected chi connectivity index (χ1v) is 10.1. The third-order valence-electron chi connectivity index (χ3n) is 5.18. The molecule has 0 aliphatic carbocycles. The molecule has 4 rings (SSSR count). The van der Waals surface area contributed by atoms with Crippen LogP contribution in [0.15, 0.2) is 36.5 Å². The van der Waals surface area contributed by atoms with E-state index in [1.54, 1.807) is 18.2 Å². The zero-order valence-electron chi connectivity index (χ0n) is 16.8. The number of halogens is 3. The van der Waals surface area contributed by atoms with E-state index in [9.17, 15) is 18.0 Å². The molecule has 1 N–H and O–H groups in total. The number of aromatic nitrogens is 1. The number of rotatable bonds is 4. The van der Waals surface area contributed by atoms with Crippen molar-refractivity contribution in [3.05, 3.63) is 42.1 Å². The van der Waals surface area contributed by atoms with E-state index in [1.807, 2.05) is 9.80 Å². The van der Waals surface area contributed by atoms with E-state index >= 15 is 0 Å². The minimum Gasteiger partial charge on any atom is -0.486 e. The molecule has 0 bridgehead atoms. The van der Waals surface area contributed by atoms with Crippen molar-refractivity contribution in [2.45, 2.75) is 12.6 Å². The summed E-state index contributed by atoms with van der Waals surface area (Å²) < 4.78 is 49.2. The molecule has 2 aliphatic heterocycles. The highest BCUT2D eigenvalue weighted by molar-refractivity contribution is 5.92. The molecule has 10 heteroatoms. The smallest absolute Gasteiger partial charge is 0.417 e. The summed E-state index contributed by atoms with van der Waals surface area (Å²) in [5, 5.41) is 2.87. The van der Waals surface area contributed by atoms with Gasteiger partial charge >= 0.3 is 6.18 Å². The Morgan fingerprint density at radius 2 is 1.84 bits per heavy atom. The summed E-state index contributed by atoms with van der Waals surface area (Å²) in [6.45, 7) is 3.77. The van der Waals surface area contributed by atoms with Gasteiger partial charge in [-0.3, -0.25) is 9.69 Å². The van der Waals surface area contributed by atoms with Crippen LogP contribution in [0.1, 0.15) is 12.0 Å². The fraction of sp³-hybridized carbons (Fsp3) is 0.429. The molecule has 2 aliphatic rings. The molecule has 1 aromatic heterocycles. The van der Waals surface area contributed by atoms with Crippen LogP contribution in [0.25, 0.3) is 0 Å². The van der Waals surface area contributed by atoms with Crippen molar-refractivity contribution < 1.29 is 27.4 Å². The third kappa shape index (κ3) is 5.38. The minimum atomic E-state index is -4.40. The number of pyridine rings is 1. The van der Waals surface area contributed by atoms with Gasteiger partial charge in [-0.15, -0.1) is 0 Å². The zero-order valence-corrected chi connectivity index (χ0v) is 16.8. The van der Waals surface area contributed by atoms with Crippen LogP contribution >= 0.6 is 0 Å². The molecule has 0 atom stereocenters. The predicted octanol–water partition coefficient (Wildman–Crippen LogP) is 3.02. The lowest BCUT2D eigenvalue weighted by molar-refractivity contribution is -0.137. The fourth-order valence-corrected chi connectivity index (χ4v) is 3.62. The van der Waals surface area contributed by atoms with Crippen LogP contribution in [0.3, 0.4) is 0 Å². The van der Waals surface area contributed by atoms with Crippen molar-refractivity contribution >= 4 is 17.4 Å². The molecule has 7 nitrogen and oxygen atoms in total. The van der Waals surface area contributed by atoms with Crippen molar-refractivity contribution in [3.63, 3.8) is 0 Å². The van der Waals surface area contributed by atoms with E-state index in [2.05, 4.69) is 10.3 Å². The van der Waals surface area contributed by atoms with Gasteiger partial charge in [-0.25, -0.2) is 4.98 Å². The van der Waals surface area contributed by atoms with Crippen LogP contribution in [-0.2, 0) is 11.0 Å². The Morgan fingerprint density at radius 3 is 2.58 bits per heavy atom. The van der Waals surface area contributed by atoms with Crippen molar-refractivity contribution in [3.8, 4) is 11.5 Å². The first kappa shape index (κ1) is 21.2. The summed E-state index contributed by atoms with van der Waals surface area (Å²) in [6.07, 6.45) is -2.76. The maximum atomic E-state index is 12.7. The molecule has 0 spiro atoms. The molecular weight excluding hydrogens is 413 g/mol. The number of hydrogen-bond acceptors (Lipinski definition) is 6. The Morgan fingerprint density at radius 1 is 1.03 bits per heavy atom. The molecule has 0 unspecified atom stereocenters. The average molecular weight is 436 g/mol. The first-order chi connectivity index (χ1) is 14.9. The summed E-state index contributed by atoms with van der Waals surface area (Å²) >= 11 is 0. The van der Waals surface area contributed by atoms with Crippen molar-refractivity contribution in [1.82, 2.24) is 9.88 Å². The van der Waals surface area contributed by atoms with E-state index < -0.39 is 11.7 Å². The maximum Gasteiger partial charge on any atom is 0.417 e. The Hall–Kier alpha value is -3.01. The van der Waals surface area contributed by atoms with Crippen molar-refractivity contribution in [1.29, 1.82) is 0 Å². The molecule has 2 aromatic rings. The lowest BCUT2D eigenvalue weighted by Crippen LogP contribution is -2.36. The number of nitrogens with zero attached hydrogens (tertiary/aromatic N) is 3. The highest BCUT2D eigenvalue weighted by Crippen LogP contribution is 2.32. The van der Waals surface area contributed by atoms with E-state index in [4.69, 9.17) is 9.47 Å². The fourth-order valence-electron chi connectivity index (χ4n) is 3.62. The first-order valence-electron chi connectivity index (χ1n) is 10.1. The van der Waals surface area contributed by atoms with Crippen molar-refractivity contribution in [2.24, 2.45) is 0 Å². The Bertz CT molecular complexity index is 921. The van der Waals surface area contributed by atoms with Gasteiger partial charge in [0.05, 0.1) is 12.1 Å². The molecule has 0 saturated carbocycles. The van der Waals surface area contributed by atoms with Gasteiger partial charge in [-0.1, -0.05) is 0 Å². The van der Waals surface area contributed by atoms with Crippen LogP contribution in [0.4, 0.5) is 24.7 Å². The largest absolute Gasteiger partial charge is 0.486 e. The van der Waals surface area contributed by atoms with Crippen LogP contribution in [0.2, 0.25) is 0 Å². The topological polar surface area (TPSA) is 66.9 Å². The van der Waals surface area contributed by atoms with Crippen LogP contribution in [0, 0.1) is 0 Å². The lowest BCUT2D eigenvalue weighted by atomic mass is 10.2. The number of amides is 1. The number of hydrogen-bond donors (Lipinski definition) is 1. The van der Waals surface area contributed by atoms with Gasteiger partial charge in [-0.05, 0) is 30.7 Å². The molecule has 1 amide bonds. The van der Waals surface area contributed by atoms with Gasteiger partial charge in [0.2, 0.25) is 5.91 Å². The molecule has 31 heavy (non-hydrogen) atoms. The summed E-state index contributed by atoms with van der Waals surface area (Å²) in [5.74, 6) is 1.64. The Labute approximate surface area is 177 Å². The summed E-state index contributed by atoms with van der Waals surface area (Å²) in [4.78, 5) is 20.4. The number of nitrogens with one attached hydrogen (secondary N) is 1. The third-order valence-corrected chi connectivity index (χ3v) is 5.18. The number of ether oxygens (including phenoxy) is 2. The Kier molecular flexibility index (Phi) is 6.17. The van der Waals surface area contributed by atoms with E-state index in [0.717, 1.165) is 18.7 Å². The summed E-state index contributed by atoms with van der Waals surface area (Å²) in [6, 6.07) is 7.72. The number of carbonyl (C=O) groups is 1. The van der Waals surface area contributed by atoms with Gasteiger partial charge in [-0.2, -0.15) is 13.2 Å². The monoisotopic (exact) mass is 436 g/mol. The standard InChI is InChI=1S/C21H23F3N4O3/c22-21(23,24)15-2-5-19(25-13-15)28-7-1-6-27(8-9-28)14-20(29)26-16-3-4-17-18(12-16)31-11-10-30-17/h2-5,12-13H,1,6-11,14H2,(H,26,29). The van der Waals surface area contributed by atoms with Gasteiger partial charge in [0.25, 0.3) is 0 Å². The molecule has 1 saturated heterocycles. The highest BCUT2D eigenvalue weighted by atomic mass is 19.4. The van der Waals surface area contributed by atoms with E-state index in [1.165, 1.54) is 6.07 Å². The highest BCUT2D eigenvalue weighted by Gasteiger charge is 2.31. The molecule has 1 fully saturated rings. The quantitative estimate of drug-likeness (QED) is 0.795. The molecule has 0 radical (unpaired) electrons. The number of carbonyl (C=O) groups excluding carboxylic acids is 1.